The number of rotatable bonds is 29. The second kappa shape index (κ2) is 30.9. The molecule has 4 unspecified atom stereocenters. The van der Waals surface area contributed by atoms with Crippen LogP contribution in [0.15, 0.2) is 0 Å². The lowest BCUT2D eigenvalue weighted by molar-refractivity contribution is -0.171. The molecule has 0 aliphatic carbocycles. The Morgan fingerprint density at radius 3 is 2.00 bits per heavy atom. The molecule has 0 aromatic heterocycles. The zero-order valence-corrected chi connectivity index (χ0v) is 30.6. The van der Waals surface area contributed by atoms with Crippen LogP contribution >= 0.6 is 0 Å². The predicted molar refractivity (Wildman–Crippen MR) is 184 cm³/mol. The fourth-order valence-corrected chi connectivity index (χ4v) is 5.88. The highest BCUT2D eigenvalue weighted by atomic mass is 16.7. The van der Waals surface area contributed by atoms with E-state index in [0.29, 0.717) is 58.5 Å². The summed E-state index contributed by atoms with van der Waals surface area (Å²) in [5, 5.41) is 2.86. The first-order valence-electron chi connectivity index (χ1n) is 18.8. The number of nitrogens with one attached hydrogen (secondary N) is 2. The molecule has 282 valence electrons. The summed E-state index contributed by atoms with van der Waals surface area (Å²) in [6, 6.07) is 0. The number of carbonyl (C=O) groups excluding carboxylic acids is 3. The number of alkyl carbamates (subject to hydrolysis) is 1. The summed E-state index contributed by atoms with van der Waals surface area (Å²) < 4.78 is 32.5. The highest BCUT2D eigenvalue weighted by Gasteiger charge is 2.41. The number of hydroxylamine groups is 1. The van der Waals surface area contributed by atoms with Crippen molar-refractivity contribution in [3.05, 3.63) is 0 Å². The standard InChI is InChI=1S/C36H68N2O10/c1-5-7-8-9-10-11-12-13-14-15-16-17-18-19-20-25-37-35(40)47-32-22-21-26-45-33(32)31(34(39)48-38-36(41)43-4)24-23-30(6-2)46-29-44-28-27-42-3/h30-33H,5-29H2,1-4H3,(H,37,40)(H,38,41). The van der Waals surface area contributed by atoms with Crippen molar-refractivity contribution < 1.29 is 47.6 Å². The van der Waals surface area contributed by atoms with Crippen molar-refractivity contribution in [1.29, 1.82) is 0 Å². The van der Waals surface area contributed by atoms with Crippen LogP contribution in [0, 0.1) is 5.92 Å². The van der Waals surface area contributed by atoms with E-state index in [1.165, 1.54) is 84.2 Å². The van der Waals surface area contributed by atoms with Gasteiger partial charge in [-0.1, -0.05) is 104 Å². The molecule has 1 fully saturated rings. The minimum Gasteiger partial charge on any atom is -0.451 e. The fraction of sp³-hybridized carbons (Fsp3) is 0.917. The van der Waals surface area contributed by atoms with E-state index in [2.05, 4.69) is 17.0 Å². The van der Waals surface area contributed by atoms with Gasteiger partial charge in [-0.15, -0.1) is 5.48 Å². The maximum Gasteiger partial charge on any atom is 0.440 e. The average molecular weight is 689 g/mol. The van der Waals surface area contributed by atoms with Gasteiger partial charge in [-0.3, -0.25) is 0 Å². The molecular formula is C36H68N2O10. The molecule has 12 heteroatoms. The third-order valence-corrected chi connectivity index (χ3v) is 8.81. The van der Waals surface area contributed by atoms with Gasteiger partial charge in [0.1, 0.15) is 19.0 Å². The smallest absolute Gasteiger partial charge is 0.440 e. The van der Waals surface area contributed by atoms with Crippen LogP contribution in [0.5, 0.6) is 0 Å². The Kier molecular flexibility index (Phi) is 28.2. The van der Waals surface area contributed by atoms with Gasteiger partial charge in [0.05, 0.1) is 32.3 Å². The minimum atomic E-state index is -0.902. The predicted octanol–water partition coefficient (Wildman–Crippen LogP) is 7.76. The average Bonchev–Trinajstić information content (AvgIpc) is 3.10. The number of hydrogen-bond acceptors (Lipinski definition) is 10. The minimum absolute atomic E-state index is 0.103. The number of ether oxygens (including phenoxy) is 6. The van der Waals surface area contributed by atoms with Gasteiger partial charge in [-0.25, -0.2) is 14.4 Å². The Balaban J connectivity index is 2.43. The third kappa shape index (κ3) is 22.5. The van der Waals surface area contributed by atoms with Crippen molar-refractivity contribution in [3.63, 3.8) is 0 Å². The molecule has 2 N–H and O–H groups in total. The van der Waals surface area contributed by atoms with Crippen LogP contribution in [0.3, 0.4) is 0 Å². The first-order chi connectivity index (χ1) is 23.5. The topological polar surface area (TPSA) is 140 Å². The van der Waals surface area contributed by atoms with E-state index in [9.17, 15) is 14.4 Å². The summed E-state index contributed by atoms with van der Waals surface area (Å²) in [4.78, 5) is 42.5. The zero-order chi connectivity index (χ0) is 35.1. The van der Waals surface area contributed by atoms with Crippen LogP contribution in [0.25, 0.3) is 0 Å². The largest absolute Gasteiger partial charge is 0.451 e. The molecule has 0 aromatic carbocycles. The van der Waals surface area contributed by atoms with Crippen LogP contribution in [0.4, 0.5) is 9.59 Å². The molecule has 1 heterocycles. The van der Waals surface area contributed by atoms with Crippen LogP contribution in [-0.2, 0) is 38.1 Å². The lowest BCUT2D eigenvalue weighted by atomic mass is 9.88. The molecule has 48 heavy (non-hydrogen) atoms. The maximum atomic E-state index is 13.2. The summed E-state index contributed by atoms with van der Waals surface area (Å²) in [5.41, 5.74) is 1.99. The number of unbranched alkanes of at least 4 members (excludes halogenated alkanes) is 14. The fourth-order valence-electron chi connectivity index (χ4n) is 5.88. The van der Waals surface area contributed by atoms with E-state index in [-0.39, 0.29) is 12.9 Å². The SMILES string of the molecule is CCCCCCCCCCCCCCCCCNC(=O)OC1CCCOC1C(CCC(CC)OCOCCOC)C(=O)ONC(=O)OC. The van der Waals surface area contributed by atoms with Crippen molar-refractivity contribution in [2.75, 3.05) is 47.4 Å². The number of carbonyl (C=O) groups is 3. The van der Waals surface area contributed by atoms with Crippen LogP contribution in [0.2, 0.25) is 0 Å². The molecule has 0 aromatic rings. The lowest BCUT2D eigenvalue weighted by Gasteiger charge is -2.35. The molecule has 1 saturated heterocycles. The van der Waals surface area contributed by atoms with E-state index in [1.807, 2.05) is 12.4 Å². The van der Waals surface area contributed by atoms with E-state index < -0.39 is 36.3 Å². The van der Waals surface area contributed by atoms with Crippen molar-refractivity contribution in [2.24, 2.45) is 5.92 Å². The highest BCUT2D eigenvalue weighted by molar-refractivity contribution is 5.76. The molecule has 12 nitrogen and oxygen atoms in total. The monoisotopic (exact) mass is 688 g/mol. The summed E-state index contributed by atoms with van der Waals surface area (Å²) in [6.45, 7) is 6.18. The van der Waals surface area contributed by atoms with Gasteiger partial charge in [0.2, 0.25) is 0 Å². The first-order valence-corrected chi connectivity index (χ1v) is 18.8. The number of methoxy groups -OCH3 is 2. The molecule has 1 rings (SSSR count). The Bertz CT molecular complexity index is 803. The van der Waals surface area contributed by atoms with Crippen molar-refractivity contribution >= 4 is 18.2 Å². The second-order valence-electron chi connectivity index (χ2n) is 12.7. The van der Waals surface area contributed by atoms with E-state index in [0.717, 1.165) is 19.3 Å². The molecule has 0 spiro atoms. The number of hydrogen-bond donors (Lipinski definition) is 2. The van der Waals surface area contributed by atoms with Gasteiger partial charge >= 0.3 is 18.2 Å². The Morgan fingerprint density at radius 1 is 0.792 bits per heavy atom. The third-order valence-electron chi connectivity index (χ3n) is 8.81. The lowest BCUT2D eigenvalue weighted by Crippen LogP contribution is -2.48. The second-order valence-corrected chi connectivity index (χ2v) is 12.7. The van der Waals surface area contributed by atoms with Gasteiger partial charge in [-0.05, 0) is 38.5 Å². The van der Waals surface area contributed by atoms with Gasteiger partial charge in [0.25, 0.3) is 0 Å². The van der Waals surface area contributed by atoms with Gasteiger partial charge in [0, 0.05) is 20.3 Å². The van der Waals surface area contributed by atoms with E-state index in [4.69, 9.17) is 28.5 Å². The number of amides is 2. The summed E-state index contributed by atoms with van der Waals surface area (Å²) in [5.74, 6) is -1.52. The normalized spacial score (nSPS) is 17.3. The Morgan fingerprint density at radius 2 is 1.42 bits per heavy atom. The summed E-state index contributed by atoms with van der Waals surface area (Å²) in [7, 11) is 2.77. The zero-order valence-electron chi connectivity index (χ0n) is 30.6. The Labute approximate surface area is 290 Å². The molecule has 1 aliphatic heterocycles. The van der Waals surface area contributed by atoms with Crippen molar-refractivity contribution in [3.8, 4) is 0 Å². The first kappa shape index (κ1) is 43.9. The van der Waals surface area contributed by atoms with Crippen LogP contribution in [0.1, 0.15) is 142 Å². The molecule has 2 amide bonds. The van der Waals surface area contributed by atoms with Gasteiger partial charge in [0.15, 0.2) is 0 Å². The van der Waals surface area contributed by atoms with Crippen molar-refractivity contribution in [2.45, 2.75) is 161 Å². The van der Waals surface area contributed by atoms with Crippen LogP contribution < -0.4 is 10.8 Å². The quantitative estimate of drug-likeness (QED) is 0.0347. The van der Waals surface area contributed by atoms with Crippen molar-refractivity contribution in [1.82, 2.24) is 10.8 Å². The summed E-state index contributed by atoms with van der Waals surface area (Å²) in [6.07, 6.45) is 19.0. The molecule has 0 radical (unpaired) electrons. The van der Waals surface area contributed by atoms with E-state index in [1.54, 1.807) is 7.11 Å². The van der Waals surface area contributed by atoms with Gasteiger partial charge in [-0.2, -0.15) is 0 Å². The molecule has 0 saturated carbocycles. The molecular weight excluding hydrogens is 620 g/mol. The summed E-state index contributed by atoms with van der Waals surface area (Å²) >= 11 is 0. The molecule has 0 bridgehead atoms. The molecule has 1 aliphatic rings. The highest BCUT2D eigenvalue weighted by Crippen LogP contribution is 2.29. The van der Waals surface area contributed by atoms with Gasteiger partial charge < -0.3 is 38.6 Å². The maximum absolute atomic E-state index is 13.2. The van der Waals surface area contributed by atoms with Crippen LogP contribution in [-0.4, -0.2) is 83.8 Å². The Hall–Kier alpha value is -2.15. The van der Waals surface area contributed by atoms with E-state index >= 15 is 0 Å². The molecule has 4 atom stereocenters.